The van der Waals surface area contributed by atoms with E-state index >= 15 is 0 Å². The molecule has 6 nitrogen and oxygen atoms in total. The Bertz CT molecular complexity index is 921. The summed E-state index contributed by atoms with van der Waals surface area (Å²) < 4.78 is 0. The average Bonchev–Trinajstić information content (AvgIpc) is 3.24. The van der Waals surface area contributed by atoms with E-state index in [2.05, 4.69) is 35.2 Å². The number of carbonyl (C=O) groups is 2. The number of aryl methyl sites for hydroxylation is 2. The first-order valence-electron chi connectivity index (χ1n) is 10.7. The van der Waals surface area contributed by atoms with Crippen LogP contribution in [-0.2, 0) is 4.79 Å². The molecular formula is C24H30N4O2. The lowest BCUT2D eigenvalue weighted by Gasteiger charge is -2.33. The van der Waals surface area contributed by atoms with Crippen LogP contribution in [-0.4, -0.2) is 41.9 Å². The molecule has 6 heteroatoms. The van der Waals surface area contributed by atoms with Crippen molar-refractivity contribution >= 4 is 11.8 Å². The number of hydrogen-bond donors (Lipinski definition) is 3. The summed E-state index contributed by atoms with van der Waals surface area (Å²) in [6.07, 6.45) is 2.31. The normalized spacial score (nSPS) is 22.1. The predicted octanol–water partition coefficient (Wildman–Crippen LogP) is 2.63. The Kier molecular flexibility index (Phi) is 6.16. The molecule has 2 fully saturated rings. The fraction of sp³-hybridized carbons (Fsp3) is 0.417. The number of piperidine rings is 1. The summed E-state index contributed by atoms with van der Waals surface area (Å²) in [7, 11) is 0. The average molecular weight is 407 g/mol. The zero-order valence-electron chi connectivity index (χ0n) is 17.7. The fourth-order valence-electron chi connectivity index (χ4n) is 4.42. The first-order chi connectivity index (χ1) is 14.5. The van der Waals surface area contributed by atoms with Crippen LogP contribution in [0.25, 0.3) is 0 Å². The van der Waals surface area contributed by atoms with Crippen LogP contribution in [0.5, 0.6) is 0 Å². The van der Waals surface area contributed by atoms with Gasteiger partial charge in [-0.05, 0) is 56.4 Å². The lowest BCUT2D eigenvalue weighted by molar-refractivity contribution is -0.134. The minimum absolute atomic E-state index is 0.0359. The molecule has 30 heavy (non-hydrogen) atoms. The lowest BCUT2D eigenvalue weighted by Crippen LogP contribution is -2.51. The molecule has 3 N–H and O–H groups in total. The Morgan fingerprint density at radius 3 is 2.50 bits per heavy atom. The van der Waals surface area contributed by atoms with Gasteiger partial charge in [0.2, 0.25) is 5.91 Å². The standard InChI is InChI=1S/C24H30N4O2/c1-16-6-5-8-18(14-16)23(29)25-19-10-12-28(13-11-19)24(30)22-15-21(26-27-22)20-9-4-3-7-17(20)2/h3-9,14,19,21-22,26-27H,10-13,15H2,1-2H3,(H,25,29). The van der Waals surface area contributed by atoms with E-state index in [1.54, 1.807) is 0 Å². The quantitative estimate of drug-likeness (QED) is 0.730. The zero-order valence-corrected chi connectivity index (χ0v) is 17.7. The molecule has 0 bridgehead atoms. The van der Waals surface area contributed by atoms with E-state index in [0.29, 0.717) is 18.7 Å². The SMILES string of the molecule is Cc1cccc(C(=O)NC2CCN(C(=O)C3CC(c4ccccc4C)NN3)CC2)c1. The van der Waals surface area contributed by atoms with Gasteiger partial charge in [-0.25, -0.2) is 10.9 Å². The zero-order chi connectivity index (χ0) is 21.1. The van der Waals surface area contributed by atoms with Gasteiger partial charge in [-0.15, -0.1) is 0 Å². The van der Waals surface area contributed by atoms with Gasteiger partial charge in [0.05, 0.1) is 0 Å². The maximum absolute atomic E-state index is 13.0. The van der Waals surface area contributed by atoms with Crippen molar-refractivity contribution in [2.75, 3.05) is 13.1 Å². The Morgan fingerprint density at radius 1 is 1.00 bits per heavy atom. The number of hydrazine groups is 1. The smallest absolute Gasteiger partial charge is 0.251 e. The molecule has 2 atom stereocenters. The van der Waals surface area contributed by atoms with E-state index in [-0.39, 0.29) is 29.9 Å². The lowest BCUT2D eigenvalue weighted by atomic mass is 9.97. The third-order valence-corrected chi connectivity index (χ3v) is 6.19. The molecule has 2 aromatic carbocycles. The fourth-order valence-corrected chi connectivity index (χ4v) is 4.42. The van der Waals surface area contributed by atoms with Gasteiger partial charge >= 0.3 is 0 Å². The van der Waals surface area contributed by atoms with E-state index in [1.165, 1.54) is 11.1 Å². The largest absolute Gasteiger partial charge is 0.349 e. The summed E-state index contributed by atoms with van der Waals surface area (Å²) in [4.78, 5) is 27.4. The summed E-state index contributed by atoms with van der Waals surface area (Å²) in [5, 5.41) is 3.12. The van der Waals surface area contributed by atoms with Gasteiger partial charge in [0.15, 0.2) is 0 Å². The van der Waals surface area contributed by atoms with Crippen molar-refractivity contribution in [2.45, 2.75) is 51.2 Å². The second kappa shape index (κ2) is 8.98. The monoisotopic (exact) mass is 406 g/mol. The number of carbonyl (C=O) groups excluding carboxylic acids is 2. The van der Waals surface area contributed by atoms with E-state index in [1.807, 2.05) is 48.2 Å². The molecule has 2 aromatic rings. The number of rotatable bonds is 4. The third kappa shape index (κ3) is 4.55. The minimum Gasteiger partial charge on any atom is -0.349 e. The van der Waals surface area contributed by atoms with Crippen molar-refractivity contribution in [3.63, 3.8) is 0 Å². The van der Waals surface area contributed by atoms with Gasteiger partial charge in [0, 0.05) is 30.7 Å². The Labute approximate surface area is 178 Å². The molecule has 158 valence electrons. The van der Waals surface area contributed by atoms with Crippen LogP contribution in [0.1, 0.15) is 52.4 Å². The van der Waals surface area contributed by atoms with Gasteiger partial charge in [0.1, 0.15) is 6.04 Å². The number of nitrogens with one attached hydrogen (secondary N) is 3. The molecular weight excluding hydrogens is 376 g/mol. The molecule has 0 aliphatic carbocycles. The van der Waals surface area contributed by atoms with Crippen LogP contribution in [0.3, 0.4) is 0 Å². The number of hydrogen-bond acceptors (Lipinski definition) is 4. The van der Waals surface area contributed by atoms with Crippen molar-refractivity contribution in [1.29, 1.82) is 0 Å². The molecule has 4 rings (SSSR count). The second-order valence-corrected chi connectivity index (χ2v) is 8.43. The molecule has 0 spiro atoms. The maximum atomic E-state index is 13.0. The van der Waals surface area contributed by atoms with Gasteiger partial charge in [0.25, 0.3) is 5.91 Å². The van der Waals surface area contributed by atoms with Crippen LogP contribution in [0, 0.1) is 13.8 Å². The van der Waals surface area contributed by atoms with Crippen LogP contribution < -0.4 is 16.2 Å². The molecule has 0 aromatic heterocycles. The third-order valence-electron chi connectivity index (χ3n) is 6.19. The summed E-state index contributed by atoms with van der Waals surface area (Å²) in [5.41, 5.74) is 10.7. The van der Waals surface area contributed by atoms with E-state index in [9.17, 15) is 9.59 Å². The van der Waals surface area contributed by atoms with Gasteiger partial charge in [-0.1, -0.05) is 42.0 Å². The van der Waals surface area contributed by atoms with Gasteiger partial charge in [-0.3, -0.25) is 9.59 Å². The van der Waals surface area contributed by atoms with Crippen molar-refractivity contribution in [3.05, 3.63) is 70.8 Å². The Morgan fingerprint density at radius 2 is 1.77 bits per heavy atom. The van der Waals surface area contributed by atoms with Crippen molar-refractivity contribution in [3.8, 4) is 0 Å². The highest BCUT2D eigenvalue weighted by Crippen LogP contribution is 2.26. The number of likely N-dealkylation sites (tertiary alicyclic amines) is 1. The second-order valence-electron chi connectivity index (χ2n) is 8.43. The molecule has 0 radical (unpaired) electrons. The highest BCUT2D eigenvalue weighted by molar-refractivity contribution is 5.94. The topological polar surface area (TPSA) is 73.5 Å². The highest BCUT2D eigenvalue weighted by atomic mass is 16.2. The number of nitrogens with zero attached hydrogens (tertiary/aromatic N) is 1. The molecule has 2 saturated heterocycles. The van der Waals surface area contributed by atoms with Crippen molar-refractivity contribution in [2.24, 2.45) is 0 Å². The first-order valence-corrected chi connectivity index (χ1v) is 10.7. The molecule has 2 unspecified atom stereocenters. The molecule has 2 aliphatic rings. The molecule has 2 heterocycles. The summed E-state index contributed by atoms with van der Waals surface area (Å²) in [6.45, 7) is 5.42. The van der Waals surface area contributed by atoms with E-state index in [0.717, 1.165) is 24.8 Å². The van der Waals surface area contributed by atoms with Crippen LogP contribution in [0.15, 0.2) is 48.5 Å². The number of amides is 2. The molecule has 2 amide bonds. The van der Waals surface area contributed by atoms with Crippen LogP contribution in [0.2, 0.25) is 0 Å². The van der Waals surface area contributed by atoms with E-state index < -0.39 is 0 Å². The van der Waals surface area contributed by atoms with Crippen molar-refractivity contribution in [1.82, 2.24) is 21.1 Å². The minimum atomic E-state index is -0.215. The Hall–Kier alpha value is -2.70. The molecule has 2 aliphatic heterocycles. The van der Waals surface area contributed by atoms with Gasteiger partial charge < -0.3 is 10.2 Å². The predicted molar refractivity (Wildman–Crippen MR) is 117 cm³/mol. The van der Waals surface area contributed by atoms with Crippen molar-refractivity contribution < 1.29 is 9.59 Å². The highest BCUT2D eigenvalue weighted by Gasteiger charge is 2.34. The maximum Gasteiger partial charge on any atom is 0.251 e. The molecule has 0 saturated carbocycles. The summed E-state index contributed by atoms with van der Waals surface area (Å²) >= 11 is 0. The van der Waals surface area contributed by atoms with E-state index in [4.69, 9.17) is 0 Å². The summed E-state index contributed by atoms with van der Waals surface area (Å²) in [5.74, 6) is 0.105. The summed E-state index contributed by atoms with van der Waals surface area (Å²) in [6, 6.07) is 15.9. The van der Waals surface area contributed by atoms with Gasteiger partial charge in [-0.2, -0.15) is 0 Å². The van der Waals surface area contributed by atoms with Crippen LogP contribution in [0.4, 0.5) is 0 Å². The Balaban J connectivity index is 1.27. The number of benzene rings is 2. The van der Waals surface area contributed by atoms with Crippen LogP contribution >= 0.6 is 0 Å². The first kappa shape index (κ1) is 20.6.